The molecule has 0 aliphatic heterocycles. The number of benzene rings is 1. The Hall–Kier alpha value is -0.860. The Morgan fingerprint density at radius 1 is 1.11 bits per heavy atom. The van der Waals surface area contributed by atoms with Gasteiger partial charge < -0.3 is 11.5 Å². The van der Waals surface area contributed by atoms with Gasteiger partial charge >= 0.3 is 0 Å². The van der Waals surface area contributed by atoms with E-state index in [-0.39, 0.29) is 5.41 Å². The summed E-state index contributed by atoms with van der Waals surface area (Å²) in [4.78, 5) is 0. The summed E-state index contributed by atoms with van der Waals surface area (Å²) in [5, 5.41) is 0. The maximum absolute atomic E-state index is 5.82. The molecule has 102 valence electrons. The largest absolute Gasteiger partial charge is 0.330 e. The van der Waals surface area contributed by atoms with Crippen molar-refractivity contribution in [3.63, 3.8) is 0 Å². The quantitative estimate of drug-likeness (QED) is 0.860. The molecule has 0 radical (unpaired) electrons. The fraction of sp³-hybridized carbons (Fsp3) is 0.625. The number of hydrogen-bond donors (Lipinski definition) is 2. The van der Waals surface area contributed by atoms with E-state index < -0.39 is 0 Å². The van der Waals surface area contributed by atoms with E-state index in [0.29, 0.717) is 24.9 Å². The van der Waals surface area contributed by atoms with E-state index in [1.54, 1.807) is 0 Å². The molecule has 2 heteroatoms. The normalized spacial score (nSPS) is 14.0. The molecule has 0 aromatic heterocycles. The van der Waals surface area contributed by atoms with Crippen molar-refractivity contribution in [3.05, 3.63) is 34.9 Å². The minimum atomic E-state index is 0.184. The lowest BCUT2D eigenvalue weighted by atomic mass is 9.80. The second-order valence-corrected chi connectivity index (χ2v) is 6.34. The topological polar surface area (TPSA) is 52.0 Å². The monoisotopic (exact) mass is 248 g/mol. The standard InChI is InChI=1S/C16H28N2/c1-11-6-7-14(16(3,4)5)8-15(11)12(2)13(9-17)10-18/h6-8,12-13H,9-10,17-18H2,1-5H3. The second kappa shape index (κ2) is 5.85. The molecule has 0 heterocycles. The zero-order chi connectivity index (χ0) is 13.9. The summed E-state index contributed by atoms with van der Waals surface area (Å²) >= 11 is 0. The van der Waals surface area contributed by atoms with Gasteiger partial charge in [-0.3, -0.25) is 0 Å². The first-order valence-electron chi connectivity index (χ1n) is 6.82. The fourth-order valence-corrected chi connectivity index (χ4v) is 2.36. The van der Waals surface area contributed by atoms with Crippen LogP contribution in [-0.2, 0) is 5.41 Å². The molecule has 4 N–H and O–H groups in total. The van der Waals surface area contributed by atoms with Gasteiger partial charge in [-0.05, 0) is 54.0 Å². The predicted octanol–water partition coefficient (Wildman–Crippen LogP) is 2.93. The Kier molecular flexibility index (Phi) is 4.94. The Labute approximate surface area is 112 Å². The maximum Gasteiger partial charge on any atom is -0.00310 e. The Balaban J connectivity index is 3.15. The maximum atomic E-state index is 5.82. The first-order chi connectivity index (χ1) is 8.31. The molecule has 2 nitrogen and oxygen atoms in total. The Bertz CT molecular complexity index is 387. The summed E-state index contributed by atoms with van der Waals surface area (Å²) in [6, 6.07) is 6.78. The van der Waals surface area contributed by atoms with Crippen molar-refractivity contribution >= 4 is 0 Å². The minimum Gasteiger partial charge on any atom is -0.330 e. The molecule has 1 aromatic rings. The van der Waals surface area contributed by atoms with E-state index in [1.165, 1.54) is 16.7 Å². The van der Waals surface area contributed by atoms with Crippen molar-refractivity contribution in [2.45, 2.75) is 46.0 Å². The van der Waals surface area contributed by atoms with E-state index in [0.717, 1.165) is 0 Å². The summed E-state index contributed by atoms with van der Waals surface area (Å²) in [5.74, 6) is 0.779. The summed E-state index contributed by atoms with van der Waals surface area (Å²) in [5.41, 5.74) is 15.9. The van der Waals surface area contributed by atoms with Crippen LogP contribution in [0.2, 0.25) is 0 Å². The molecule has 18 heavy (non-hydrogen) atoms. The van der Waals surface area contributed by atoms with Crippen molar-refractivity contribution in [2.24, 2.45) is 17.4 Å². The van der Waals surface area contributed by atoms with Gasteiger partial charge in [0.05, 0.1) is 0 Å². The zero-order valence-corrected chi connectivity index (χ0v) is 12.5. The highest BCUT2D eigenvalue weighted by atomic mass is 14.6. The van der Waals surface area contributed by atoms with Crippen molar-refractivity contribution in [1.29, 1.82) is 0 Å². The summed E-state index contributed by atoms with van der Waals surface area (Å²) in [6.07, 6.45) is 0. The van der Waals surface area contributed by atoms with Crippen LogP contribution in [-0.4, -0.2) is 13.1 Å². The van der Waals surface area contributed by atoms with Gasteiger partial charge in [0.15, 0.2) is 0 Å². The highest BCUT2D eigenvalue weighted by Crippen LogP contribution is 2.31. The Morgan fingerprint density at radius 2 is 1.67 bits per heavy atom. The molecule has 1 rings (SSSR count). The van der Waals surface area contributed by atoms with E-state index in [1.807, 2.05) is 0 Å². The number of rotatable bonds is 4. The molecule has 0 amide bonds. The summed E-state index contributed by atoms with van der Waals surface area (Å²) in [6.45, 7) is 12.4. The Morgan fingerprint density at radius 3 is 2.11 bits per heavy atom. The summed E-state index contributed by atoms with van der Waals surface area (Å²) in [7, 11) is 0. The lowest BCUT2D eigenvalue weighted by Gasteiger charge is -2.26. The van der Waals surface area contributed by atoms with Crippen LogP contribution in [0.3, 0.4) is 0 Å². The van der Waals surface area contributed by atoms with Gasteiger partial charge in [-0.15, -0.1) is 0 Å². The van der Waals surface area contributed by atoms with Gasteiger partial charge in [0.2, 0.25) is 0 Å². The second-order valence-electron chi connectivity index (χ2n) is 6.34. The highest BCUT2D eigenvalue weighted by Gasteiger charge is 2.21. The van der Waals surface area contributed by atoms with Crippen LogP contribution in [0.15, 0.2) is 18.2 Å². The highest BCUT2D eigenvalue weighted by molar-refractivity contribution is 5.37. The first-order valence-corrected chi connectivity index (χ1v) is 6.82. The molecule has 0 aliphatic carbocycles. The van der Waals surface area contributed by atoms with Crippen LogP contribution in [0, 0.1) is 12.8 Å². The van der Waals surface area contributed by atoms with Gasteiger partial charge in [-0.1, -0.05) is 45.9 Å². The minimum absolute atomic E-state index is 0.184. The van der Waals surface area contributed by atoms with E-state index in [9.17, 15) is 0 Å². The van der Waals surface area contributed by atoms with Crippen molar-refractivity contribution in [3.8, 4) is 0 Å². The van der Waals surface area contributed by atoms with Crippen LogP contribution in [0.1, 0.15) is 50.3 Å². The molecule has 0 fully saturated rings. The molecule has 0 bridgehead atoms. The third-order valence-electron chi connectivity index (χ3n) is 3.95. The van der Waals surface area contributed by atoms with Crippen LogP contribution < -0.4 is 11.5 Å². The number of nitrogens with two attached hydrogens (primary N) is 2. The van der Waals surface area contributed by atoms with Gasteiger partial charge in [-0.25, -0.2) is 0 Å². The molecular weight excluding hydrogens is 220 g/mol. The molecule has 0 saturated heterocycles. The van der Waals surface area contributed by atoms with Crippen LogP contribution in [0.4, 0.5) is 0 Å². The van der Waals surface area contributed by atoms with E-state index in [2.05, 4.69) is 52.8 Å². The van der Waals surface area contributed by atoms with Crippen LogP contribution in [0.5, 0.6) is 0 Å². The number of aryl methyl sites for hydroxylation is 1. The molecule has 1 unspecified atom stereocenters. The predicted molar refractivity (Wildman–Crippen MR) is 79.9 cm³/mol. The third kappa shape index (κ3) is 3.33. The summed E-state index contributed by atoms with van der Waals surface area (Å²) < 4.78 is 0. The zero-order valence-electron chi connectivity index (χ0n) is 12.5. The van der Waals surface area contributed by atoms with Gasteiger partial charge in [0.1, 0.15) is 0 Å². The van der Waals surface area contributed by atoms with Gasteiger partial charge in [-0.2, -0.15) is 0 Å². The van der Waals surface area contributed by atoms with Crippen LogP contribution >= 0.6 is 0 Å². The molecule has 1 aromatic carbocycles. The van der Waals surface area contributed by atoms with Gasteiger partial charge in [0.25, 0.3) is 0 Å². The van der Waals surface area contributed by atoms with Gasteiger partial charge in [0, 0.05) is 0 Å². The number of hydrogen-bond acceptors (Lipinski definition) is 2. The molecule has 0 aliphatic rings. The lowest BCUT2D eigenvalue weighted by molar-refractivity contribution is 0.464. The average Bonchev–Trinajstić information content (AvgIpc) is 2.29. The van der Waals surface area contributed by atoms with Crippen molar-refractivity contribution < 1.29 is 0 Å². The molecule has 0 saturated carbocycles. The molecule has 1 atom stereocenters. The molecular formula is C16H28N2. The van der Waals surface area contributed by atoms with E-state index >= 15 is 0 Å². The van der Waals surface area contributed by atoms with Crippen LogP contribution in [0.25, 0.3) is 0 Å². The first kappa shape index (κ1) is 15.2. The molecule has 0 spiro atoms. The third-order valence-corrected chi connectivity index (χ3v) is 3.95. The average molecular weight is 248 g/mol. The van der Waals surface area contributed by atoms with Crippen molar-refractivity contribution in [2.75, 3.05) is 13.1 Å². The van der Waals surface area contributed by atoms with E-state index in [4.69, 9.17) is 11.5 Å². The lowest BCUT2D eigenvalue weighted by Crippen LogP contribution is -2.28. The smallest absolute Gasteiger partial charge is 0.00310 e. The van der Waals surface area contributed by atoms with Crippen molar-refractivity contribution in [1.82, 2.24) is 0 Å². The fourth-order valence-electron chi connectivity index (χ4n) is 2.36. The SMILES string of the molecule is Cc1ccc(C(C)(C)C)cc1C(C)C(CN)CN.